The Balaban J connectivity index is 2.36. The van der Waals surface area contributed by atoms with Crippen molar-refractivity contribution in [2.75, 3.05) is 0 Å². The standard InChI is InChI=1S/C14H11NO4/c1-10-2-5-12(6-3-10)19-14-7-4-11(9-16)8-13(14)15(17)18/h2-9H,1H3. The van der Waals surface area contributed by atoms with Gasteiger partial charge in [0.25, 0.3) is 0 Å². The van der Waals surface area contributed by atoms with Crippen LogP contribution in [0.1, 0.15) is 15.9 Å². The summed E-state index contributed by atoms with van der Waals surface area (Å²) in [5, 5.41) is 10.9. The number of carbonyl (C=O) groups is 1. The third kappa shape index (κ3) is 2.95. The van der Waals surface area contributed by atoms with Gasteiger partial charge >= 0.3 is 5.69 Å². The first-order valence-corrected chi connectivity index (χ1v) is 5.58. The van der Waals surface area contributed by atoms with Crippen molar-refractivity contribution in [2.24, 2.45) is 0 Å². The lowest BCUT2D eigenvalue weighted by Gasteiger charge is -2.06. The number of aldehydes is 1. The quantitative estimate of drug-likeness (QED) is 0.477. The molecular formula is C14H11NO4. The molecule has 2 aromatic carbocycles. The van der Waals surface area contributed by atoms with Gasteiger partial charge in [-0.25, -0.2) is 0 Å². The van der Waals surface area contributed by atoms with Crippen LogP contribution in [0, 0.1) is 17.0 Å². The average Bonchev–Trinajstić information content (AvgIpc) is 2.41. The molecule has 0 heterocycles. The van der Waals surface area contributed by atoms with E-state index in [4.69, 9.17) is 4.74 Å². The van der Waals surface area contributed by atoms with Crippen LogP contribution in [0.2, 0.25) is 0 Å². The first-order chi connectivity index (χ1) is 9.10. The number of hydrogen-bond donors (Lipinski definition) is 0. The Kier molecular flexibility index (Phi) is 3.56. The molecule has 96 valence electrons. The van der Waals surface area contributed by atoms with Crippen LogP contribution in [0.4, 0.5) is 5.69 Å². The van der Waals surface area contributed by atoms with E-state index in [2.05, 4.69) is 0 Å². The molecule has 0 aliphatic rings. The van der Waals surface area contributed by atoms with Crippen molar-refractivity contribution in [3.63, 3.8) is 0 Å². The molecule has 5 nitrogen and oxygen atoms in total. The van der Waals surface area contributed by atoms with E-state index in [0.717, 1.165) is 5.56 Å². The zero-order valence-electron chi connectivity index (χ0n) is 10.2. The Morgan fingerprint density at radius 3 is 2.42 bits per heavy atom. The van der Waals surface area contributed by atoms with Gasteiger partial charge in [0.15, 0.2) is 0 Å². The highest BCUT2D eigenvalue weighted by Crippen LogP contribution is 2.31. The molecule has 0 saturated carbocycles. The molecule has 0 amide bonds. The van der Waals surface area contributed by atoms with Crippen LogP contribution in [0.15, 0.2) is 42.5 Å². The smallest absolute Gasteiger partial charge is 0.312 e. The highest BCUT2D eigenvalue weighted by atomic mass is 16.6. The SMILES string of the molecule is Cc1ccc(Oc2ccc(C=O)cc2[N+](=O)[O-])cc1. The number of aryl methyl sites for hydroxylation is 1. The molecule has 0 saturated heterocycles. The van der Waals surface area contributed by atoms with Crippen molar-refractivity contribution in [1.82, 2.24) is 0 Å². The Bertz CT molecular complexity index is 620. The van der Waals surface area contributed by atoms with Gasteiger partial charge in [0.05, 0.1) is 4.92 Å². The molecule has 0 N–H and O–H groups in total. The van der Waals surface area contributed by atoms with Crippen LogP contribution in [0.5, 0.6) is 11.5 Å². The van der Waals surface area contributed by atoms with Gasteiger partial charge in [0, 0.05) is 11.6 Å². The van der Waals surface area contributed by atoms with Gasteiger partial charge < -0.3 is 4.74 Å². The first-order valence-electron chi connectivity index (χ1n) is 5.58. The summed E-state index contributed by atoms with van der Waals surface area (Å²) >= 11 is 0. The topological polar surface area (TPSA) is 69.4 Å². The van der Waals surface area contributed by atoms with E-state index < -0.39 is 4.92 Å². The van der Waals surface area contributed by atoms with Crippen molar-refractivity contribution >= 4 is 12.0 Å². The second-order valence-electron chi connectivity index (χ2n) is 4.02. The van der Waals surface area contributed by atoms with Crippen LogP contribution >= 0.6 is 0 Å². The number of carbonyl (C=O) groups excluding carboxylic acids is 1. The second kappa shape index (κ2) is 5.30. The molecule has 2 aromatic rings. The minimum atomic E-state index is -0.573. The molecule has 0 fully saturated rings. The highest BCUT2D eigenvalue weighted by molar-refractivity contribution is 5.77. The fourth-order valence-corrected chi connectivity index (χ4v) is 1.57. The third-order valence-corrected chi connectivity index (χ3v) is 2.56. The maximum atomic E-state index is 10.9. The molecule has 0 atom stereocenters. The van der Waals surface area contributed by atoms with Gasteiger partial charge in [-0.2, -0.15) is 0 Å². The lowest BCUT2D eigenvalue weighted by Crippen LogP contribution is -1.95. The average molecular weight is 257 g/mol. The summed E-state index contributed by atoms with van der Waals surface area (Å²) in [6, 6.07) is 11.2. The van der Waals surface area contributed by atoms with Gasteiger partial charge in [0.2, 0.25) is 5.75 Å². The van der Waals surface area contributed by atoms with Crippen molar-refractivity contribution < 1.29 is 14.5 Å². The Morgan fingerprint density at radius 2 is 1.84 bits per heavy atom. The van der Waals surface area contributed by atoms with E-state index in [1.54, 1.807) is 12.1 Å². The van der Waals surface area contributed by atoms with Crippen LogP contribution in [0.3, 0.4) is 0 Å². The lowest BCUT2D eigenvalue weighted by atomic mass is 10.2. The summed E-state index contributed by atoms with van der Waals surface area (Å²) in [5.41, 5.74) is 1.08. The number of hydrogen-bond acceptors (Lipinski definition) is 4. The summed E-state index contributed by atoms with van der Waals surface area (Å²) in [6.45, 7) is 1.94. The van der Waals surface area contributed by atoms with Crippen molar-refractivity contribution in [2.45, 2.75) is 6.92 Å². The first kappa shape index (κ1) is 12.8. The summed E-state index contributed by atoms with van der Waals surface area (Å²) in [5.74, 6) is 0.618. The van der Waals surface area contributed by atoms with Crippen LogP contribution < -0.4 is 4.74 Å². The number of nitrogens with zero attached hydrogens (tertiary/aromatic N) is 1. The Labute approximate surface area is 109 Å². The van der Waals surface area contributed by atoms with Crippen molar-refractivity contribution in [3.8, 4) is 11.5 Å². The zero-order chi connectivity index (χ0) is 13.8. The molecule has 5 heteroatoms. The predicted molar refractivity (Wildman–Crippen MR) is 69.7 cm³/mol. The van der Waals surface area contributed by atoms with E-state index in [-0.39, 0.29) is 17.0 Å². The van der Waals surface area contributed by atoms with E-state index in [1.807, 2.05) is 19.1 Å². The van der Waals surface area contributed by atoms with Crippen LogP contribution in [-0.4, -0.2) is 11.2 Å². The Morgan fingerprint density at radius 1 is 1.16 bits per heavy atom. The van der Waals surface area contributed by atoms with Crippen molar-refractivity contribution in [3.05, 3.63) is 63.7 Å². The largest absolute Gasteiger partial charge is 0.450 e. The minimum absolute atomic E-state index is 0.111. The molecule has 0 aliphatic carbocycles. The van der Waals surface area contributed by atoms with Gasteiger partial charge in [0.1, 0.15) is 12.0 Å². The van der Waals surface area contributed by atoms with Gasteiger partial charge in [-0.05, 0) is 31.2 Å². The molecule has 0 aromatic heterocycles. The maximum Gasteiger partial charge on any atom is 0.312 e. The summed E-state index contributed by atoms with van der Waals surface area (Å²) < 4.78 is 5.47. The zero-order valence-corrected chi connectivity index (χ0v) is 10.2. The molecular weight excluding hydrogens is 246 g/mol. The third-order valence-electron chi connectivity index (χ3n) is 2.56. The maximum absolute atomic E-state index is 10.9. The number of rotatable bonds is 4. The molecule has 19 heavy (non-hydrogen) atoms. The van der Waals surface area contributed by atoms with Gasteiger partial charge in [-0.3, -0.25) is 14.9 Å². The number of nitro groups is 1. The Hall–Kier alpha value is -2.69. The number of benzene rings is 2. The van der Waals surface area contributed by atoms with Crippen LogP contribution in [0.25, 0.3) is 0 Å². The monoisotopic (exact) mass is 257 g/mol. The fourth-order valence-electron chi connectivity index (χ4n) is 1.57. The van der Waals surface area contributed by atoms with E-state index in [1.165, 1.54) is 18.2 Å². The molecule has 0 unspecified atom stereocenters. The fraction of sp³-hybridized carbons (Fsp3) is 0.0714. The van der Waals surface area contributed by atoms with Gasteiger partial charge in [-0.15, -0.1) is 0 Å². The summed E-state index contributed by atoms with van der Waals surface area (Å²) in [7, 11) is 0. The molecule has 0 aliphatic heterocycles. The van der Waals surface area contributed by atoms with Crippen LogP contribution in [-0.2, 0) is 0 Å². The molecule has 0 radical (unpaired) electrons. The molecule has 0 bridgehead atoms. The number of ether oxygens (including phenoxy) is 1. The molecule has 0 spiro atoms. The minimum Gasteiger partial charge on any atom is -0.450 e. The van der Waals surface area contributed by atoms with Crippen molar-refractivity contribution in [1.29, 1.82) is 0 Å². The predicted octanol–water partition coefficient (Wildman–Crippen LogP) is 3.51. The van der Waals surface area contributed by atoms with Gasteiger partial charge in [-0.1, -0.05) is 17.7 Å². The normalized spacial score (nSPS) is 9.95. The van der Waals surface area contributed by atoms with E-state index in [0.29, 0.717) is 12.0 Å². The second-order valence-corrected chi connectivity index (χ2v) is 4.02. The molecule has 2 rings (SSSR count). The lowest BCUT2D eigenvalue weighted by molar-refractivity contribution is -0.385. The summed E-state index contributed by atoms with van der Waals surface area (Å²) in [6.07, 6.45) is 0.558. The van der Waals surface area contributed by atoms with E-state index >= 15 is 0 Å². The summed E-state index contributed by atoms with van der Waals surface area (Å²) in [4.78, 5) is 21.0. The number of nitro benzene ring substituents is 1. The van der Waals surface area contributed by atoms with E-state index in [9.17, 15) is 14.9 Å². The highest BCUT2D eigenvalue weighted by Gasteiger charge is 2.16.